The van der Waals surface area contributed by atoms with Gasteiger partial charge in [0.25, 0.3) is 5.91 Å². The molecular weight excluding hydrogens is 392 g/mol. The van der Waals surface area contributed by atoms with Crippen molar-refractivity contribution in [3.05, 3.63) is 89.6 Å². The van der Waals surface area contributed by atoms with Crippen molar-refractivity contribution >= 4 is 28.4 Å². The van der Waals surface area contributed by atoms with E-state index >= 15 is 0 Å². The summed E-state index contributed by atoms with van der Waals surface area (Å²) >= 11 is 0. The summed E-state index contributed by atoms with van der Waals surface area (Å²) in [6.07, 6.45) is 1.53. The first kappa shape index (κ1) is 19.3. The maximum atomic E-state index is 13.6. The molecule has 2 heterocycles. The molecule has 6 nitrogen and oxygen atoms in total. The molecule has 1 N–H and O–H groups in total. The summed E-state index contributed by atoms with van der Waals surface area (Å²) < 4.78 is 38.4. The van der Waals surface area contributed by atoms with Crippen LogP contribution in [-0.2, 0) is 0 Å². The molecule has 0 aliphatic heterocycles. The lowest BCUT2D eigenvalue weighted by Crippen LogP contribution is -2.22. The molecule has 2 aromatic heterocycles. The number of ether oxygens (including phenoxy) is 1. The van der Waals surface area contributed by atoms with E-state index in [0.29, 0.717) is 22.5 Å². The van der Waals surface area contributed by atoms with Gasteiger partial charge in [0.1, 0.15) is 23.0 Å². The third-order valence-electron chi connectivity index (χ3n) is 4.19. The lowest BCUT2D eigenvalue weighted by atomic mass is 10.1. The zero-order valence-corrected chi connectivity index (χ0v) is 15.7. The Hall–Kier alpha value is -4.07. The smallest absolute Gasteiger partial charge is 0.262 e. The van der Waals surface area contributed by atoms with Crippen molar-refractivity contribution < 1.29 is 22.7 Å². The van der Waals surface area contributed by atoms with Crippen molar-refractivity contribution in [2.45, 2.75) is 0 Å². The van der Waals surface area contributed by atoms with Crippen LogP contribution in [0, 0.1) is 11.6 Å². The average Bonchev–Trinajstić information content (AvgIpc) is 2.72. The number of hydrogen-bond donors (Lipinski definition) is 1. The second-order valence-corrected chi connectivity index (χ2v) is 6.25. The van der Waals surface area contributed by atoms with Gasteiger partial charge in [0.2, 0.25) is 5.55 Å². The molecule has 150 valence electrons. The number of fused-ring (bicyclic) bond motifs is 1. The van der Waals surface area contributed by atoms with E-state index in [2.05, 4.69) is 15.3 Å². The minimum Gasteiger partial charge on any atom is -0.493 e. The summed E-state index contributed by atoms with van der Waals surface area (Å²) in [5.74, 6) is -1.39. The Morgan fingerprint density at radius 2 is 1.87 bits per heavy atom. The van der Waals surface area contributed by atoms with Crippen LogP contribution in [0.1, 0.15) is 10.4 Å². The summed E-state index contributed by atoms with van der Waals surface area (Å²) in [4.78, 5) is 21.1. The molecule has 0 saturated carbocycles. The van der Waals surface area contributed by atoms with Crippen LogP contribution in [-0.4, -0.2) is 18.0 Å². The summed E-state index contributed by atoms with van der Waals surface area (Å²) in [7, 11) is 1.48. The molecule has 0 atom stereocenters. The SMILES string of the molecule is COc1cccc2cc(C(=O)Nc3ccccn3)c(=Nc3cc(F)cc(F)c3)oc12. The lowest BCUT2D eigenvalue weighted by Gasteiger charge is -2.08. The van der Waals surface area contributed by atoms with Crippen molar-refractivity contribution in [3.8, 4) is 5.75 Å². The summed E-state index contributed by atoms with van der Waals surface area (Å²) in [6.45, 7) is 0. The number of methoxy groups -OCH3 is 1. The number of carbonyl (C=O) groups excluding carboxylic acids is 1. The zero-order chi connectivity index (χ0) is 21.1. The Balaban J connectivity index is 1.92. The first-order valence-electron chi connectivity index (χ1n) is 8.87. The zero-order valence-electron chi connectivity index (χ0n) is 15.7. The van der Waals surface area contributed by atoms with Crippen LogP contribution in [0.25, 0.3) is 11.0 Å². The normalized spacial score (nSPS) is 11.5. The molecule has 4 aromatic rings. The molecule has 2 aromatic carbocycles. The molecule has 30 heavy (non-hydrogen) atoms. The van der Waals surface area contributed by atoms with E-state index in [0.717, 1.165) is 18.2 Å². The highest BCUT2D eigenvalue weighted by Crippen LogP contribution is 2.25. The minimum absolute atomic E-state index is 0.0441. The van der Waals surface area contributed by atoms with Crippen LogP contribution in [0.4, 0.5) is 20.3 Å². The fraction of sp³-hybridized carbons (Fsp3) is 0.0455. The van der Waals surface area contributed by atoms with Gasteiger partial charge in [-0.25, -0.2) is 18.8 Å². The largest absolute Gasteiger partial charge is 0.493 e. The number of aromatic nitrogens is 1. The van der Waals surface area contributed by atoms with Gasteiger partial charge in [-0.05, 0) is 36.4 Å². The monoisotopic (exact) mass is 407 g/mol. The highest BCUT2D eigenvalue weighted by Gasteiger charge is 2.15. The van der Waals surface area contributed by atoms with Gasteiger partial charge >= 0.3 is 0 Å². The molecule has 1 amide bonds. The maximum absolute atomic E-state index is 13.6. The van der Waals surface area contributed by atoms with Gasteiger partial charge in [-0.15, -0.1) is 0 Å². The van der Waals surface area contributed by atoms with Crippen LogP contribution in [0.3, 0.4) is 0 Å². The number of rotatable bonds is 4. The van der Waals surface area contributed by atoms with Crippen molar-refractivity contribution in [1.29, 1.82) is 0 Å². The fourth-order valence-corrected chi connectivity index (χ4v) is 2.87. The Morgan fingerprint density at radius 3 is 2.57 bits per heavy atom. The molecule has 0 saturated heterocycles. The first-order valence-corrected chi connectivity index (χ1v) is 8.87. The van der Waals surface area contributed by atoms with Gasteiger partial charge in [0, 0.05) is 17.6 Å². The van der Waals surface area contributed by atoms with E-state index in [9.17, 15) is 13.6 Å². The number of para-hydroxylation sites is 1. The number of hydrogen-bond acceptors (Lipinski definition) is 5. The molecule has 0 bridgehead atoms. The number of benzene rings is 2. The second kappa shape index (κ2) is 8.12. The Bertz CT molecular complexity index is 1280. The van der Waals surface area contributed by atoms with E-state index < -0.39 is 17.5 Å². The quantitative estimate of drug-likeness (QED) is 0.536. The molecule has 0 aliphatic rings. The minimum atomic E-state index is -0.799. The summed E-state index contributed by atoms with van der Waals surface area (Å²) in [5, 5.41) is 3.24. The Kier molecular flexibility index (Phi) is 5.21. The molecule has 8 heteroatoms. The van der Waals surface area contributed by atoms with Crippen LogP contribution < -0.4 is 15.6 Å². The number of halogens is 2. The number of pyridine rings is 1. The number of carbonyl (C=O) groups is 1. The van der Waals surface area contributed by atoms with Crippen LogP contribution in [0.15, 0.2) is 76.3 Å². The third kappa shape index (κ3) is 4.02. The third-order valence-corrected chi connectivity index (χ3v) is 4.19. The molecule has 0 unspecified atom stereocenters. The molecule has 0 spiro atoms. The van der Waals surface area contributed by atoms with Gasteiger partial charge in [0.15, 0.2) is 11.3 Å². The fourth-order valence-electron chi connectivity index (χ4n) is 2.87. The maximum Gasteiger partial charge on any atom is 0.262 e. The first-order chi connectivity index (χ1) is 14.5. The number of nitrogens with one attached hydrogen (secondary N) is 1. The van der Waals surface area contributed by atoms with E-state index in [4.69, 9.17) is 9.15 Å². The molecule has 0 radical (unpaired) electrons. The average molecular weight is 407 g/mol. The highest BCUT2D eigenvalue weighted by atomic mass is 19.1. The van der Waals surface area contributed by atoms with E-state index in [-0.39, 0.29) is 16.8 Å². The standard InChI is InChI=1S/C22H15F2N3O3/c1-29-18-6-4-5-13-9-17(21(28)27-19-7-2-3-8-25-19)22(30-20(13)18)26-16-11-14(23)10-15(24)12-16/h2-12H,1H3,(H,25,27,28). The van der Waals surface area contributed by atoms with Crippen LogP contribution in [0.2, 0.25) is 0 Å². The van der Waals surface area contributed by atoms with Gasteiger partial charge < -0.3 is 14.5 Å². The van der Waals surface area contributed by atoms with Crippen LogP contribution in [0.5, 0.6) is 5.75 Å². The molecule has 0 aliphatic carbocycles. The van der Waals surface area contributed by atoms with Gasteiger partial charge in [-0.1, -0.05) is 18.2 Å². The van der Waals surface area contributed by atoms with Crippen LogP contribution >= 0.6 is 0 Å². The van der Waals surface area contributed by atoms with E-state index in [1.54, 1.807) is 42.5 Å². The lowest BCUT2D eigenvalue weighted by molar-refractivity contribution is 0.102. The van der Waals surface area contributed by atoms with Crippen molar-refractivity contribution in [2.24, 2.45) is 4.99 Å². The predicted octanol–water partition coefficient (Wildman–Crippen LogP) is 4.60. The Labute approximate surface area is 169 Å². The number of amides is 1. The van der Waals surface area contributed by atoms with Gasteiger partial charge in [0.05, 0.1) is 12.8 Å². The molecular formula is C22H15F2N3O3. The van der Waals surface area contributed by atoms with Gasteiger partial charge in [-0.3, -0.25) is 4.79 Å². The highest BCUT2D eigenvalue weighted by molar-refractivity contribution is 6.05. The summed E-state index contributed by atoms with van der Waals surface area (Å²) in [5.41, 5.74) is 0.221. The number of anilines is 1. The Morgan fingerprint density at radius 1 is 1.07 bits per heavy atom. The van der Waals surface area contributed by atoms with Crippen molar-refractivity contribution in [2.75, 3.05) is 12.4 Å². The van der Waals surface area contributed by atoms with E-state index in [1.807, 2.05) is 0 Å². The number of nitrogens with zero attached hydrogens (tertiary/aromatic N) is 2. The second-order valence-electron chi connectivity index (χ2n) is 6.25. The van der Waals surface area contributed by atoms with E-state index in [1.165, 1.54) is 13.3 Å². The summed E-state index contributed by atoms with van der Waals surface area (Å²) in [6, 6.07) is 14.6. The van der Waals surface area contributed by atoms with Gasteiger partial charge in [-0.2, -0.15) is 0 Å². The molecule has 4 rings (SSSR count). The topological polar surface area (TPSA) is 76.7 Å². The van der Waals surface area contributed by atoms with Crippen molar-refractivity contribution in [3.63, 3.8) is 0 Å². The predicted molar refractivity (Wildman–Crippen MR) is 107 cm³/mol. The molecule has 0 fully saturated rings. The van der Waals surface area contributed by atoms with Crippen molar-refractivity contribution in [1.82, 2.24) is 4.98 Å².